The fraction of sp³-hybridized carbons (Fsp3) is 0.917. The summed E-state index contributed by atoms with van der Waals surface area (Å²) in [5, 5.41) is 8.76. The molecule has 0 saturated heterocycles. The number of carbonyl (C=O) groups excluding carboxylic acids is 1. The van der Waals surface area contributed by atoms with E-state index in [0.717, 1.165) is 39.0 Å². The zero-order valence-electron chi connectivity index (χ0n) is 11.2. The van der Waals surface area contributed by atoms with Gasteiger partial charge in [-0.05, 0) is 25.9 Å². The summed E-state index contributed by atoms with van der Waals surface area (Å²) in [6, 6.07) is 0. The van der Waals surface area contributed by atoms with Crippen LogP contribution in [0.3, 0.4) is 0 Å². The highest BCUT2D eigenvalue weighted by Crippen LogP contribution is 1.98. The van der Waals surface area contributed by atoms with Crippen molar-refractivity contribution in [3.8, 4) is 0 Å². The Labute approximate surface area is 105 Å². The minimum Gasteiger partial charge on any atom is -0.396 e. The van der Waals surface area contributed by atoms with E-state index in [9.17, 15) is 4.79 Å². The molecule has 1 amide bonds. The Kier molecular flexibility index (Phi) is 10.1. The van der Waals surface area contributed by atoms with Gasteiger partial charge in [-0.3, -0.25) is 4.79 Å². The molecule has 5 nitrogen and oxygen atoms in total. The van der Waals surface area contributed by atoms with Gasteiger partial charge < -0.3 is 20.6 Å². The molecule has 0 rings (SSSR count). The molecule has 0 atom stereocenters. The van der Waals surface area contributed by atoms with E-state index in [4.69, 9.17) is 10.8 Å². The van der Waals surface area contributed by atoms with Crippen LogP contribution in [0.15, 0.2) is 0 Å². The monoisotopic (exact) mass is 245 g/mol. The van der Waals surface area contributed by atoms with E-state index in [1.807, 2.05) is 7.05 Å². The van der Waals surface area contributed by atoms with Crippen LogP contribution in [-0.4, -0.2) is 67.2 Å². The van der Waals surface area contributed by atoms with Gasteiger partial charge in [0.05, 0.1) is 0 Å². The molecule has 0 saturated carbocycles. The third-order valence-electron chi connectivity index (χ3n) is 2.84. The topological polar surface area (TPSA) is 69.8 Å². The lowest BCUT2D eigenvalue weighted by Gasteiger charge is -2.22. The molecule has 0 aliphatic carbocycles. The maximum Gasteiger partial charge on any atom is 0.223 e. The normalized spacial score (nSPS) is 10.9. The average molecular weight is 245 g/mol. The maximum atomic E-state index is 11.8. The van der Waals surface area contributed by atoms with Gasteiger partial charge in [-0.25, -0.2) is 0 Å². The Morgan fingerprint density at radius 1 is 1.24 bits per heavy atom. The molecule has 0 bridgehead atoms. The highest BCUT2D eigenvalue weighted by Gasteiger charge is 2.10. The first-order chi connectivity index (χ1) is 8.15. The summed E-state index contributed by atoms with van der Waals surface area (Å²) in [4.78, 5) is 15.7. The Hall–Kier alpha value is -0.650. The molecule has 0 aromatic heterocycles. The van der Waals surface area contributed by atoms with Gasteiger partial charge in [0.2, 0.25) is 5.91 Å². The number of hydrogen-bond donors (Lipinski definition) is 2. The van der Waals surface area contributed by atoms with Crippen molar-refractivity contribution in [2.45, 2.75) is 26.2 Å². The van der Waals surface area contributed by atoms with Gasteiger partial charge in [0.1, 0.15) is 0 Å². The van der Waals surface area contributed by atoms with E-state index in [2.05, 4.69) is 11.8 Å². The third kappa shape index (κ3) is 8.12. The van der Waals surface area contributed by atoms with Gasteiger partial charge in [-0.15, -0.1) is 0 Å². The van der Waals surface area contributed by atoms with Gasteiger partial charge >= 0.3 is 0 Å². The number of hydrogen-bond acceptors (Lipinski definition) is 4. The number of nitrogens with zero attached hydrogens (tertiary/aromatic N) is 2. The fourth-order valence-electron chi connectivity index (χ4n) is 1.62. The predicted molar refractivity (Wildman–Crippen MR) is 69.7 cm³/mol. The minimum absolute atomic E-state index is 0.167. The zero-order chi connectivity index (χ0) is 13.1. The molecule has 0 aliphatic rings. The second kappa shape index (κ2) is 10.5. The summed E-state index contributed by atoms with van der Waals surface area (Å²) in [7, 11) is 1.82. The van der Waals surface area contributed by atoms with Crippen LogP contribution in [0.2, 0.25) is 0 Å². The minimum atomic E-state index is 0.167. The largest absolute Gasteiger partial charge is 0.396 e. The number of nitrogens with two attached hydrogens (primary N) is 1. The van der Waals surface area contributed by atoms with Crippen molar-refractivity contribution in [2.24, 2.45) is 5.73 Å². The number of rotatable bonds is 10. The maximum absolute atomic E-state index is 11.8. The van der Waals surface area contributed by atoms with E-state index >= 15 is 0 Å². The number of amides is 1. The van der Waals surface area contributed by atoms with Crippen molar-refractivity contribution < 1.29 is 9.90 Å². The standard InChI is InChI=1S/C12H27N3O2/c1-3-15(9-5-11-16)10-6-12(17)14(2)8-4-7-13/h16H,3-11,13H2,1-2H3. The lowest BCUT2D eigenvalue weighted by molar-refractivity contribution is -0.130. The Bertz CT molecular complexity index is 200. The van der Waals surface area contributed by atoms with Crippen molar-refractivity contribution in [1.29, 1.82) is 0 Å². The Morgan fingerprint density at radius 2 is 1.94 bits per heavy atom. The first kappa shape index (κ1) is 16.4. The van der Waals surface area contributed by atoms with E-state index in [-0.39, 0.29) is 12.5 Å². The molecule has 0 aromatic carbocycles. The molecule has 102 valence electrons. The smallest absolute Gasteiger partial charge is 0.223 e. The quantitative estimate of drug-likeness (QED) is 0.563. The molecule has 5 heteroatoms. The summed E-state index contributed by atoms with van der Waals surface area (Å²) >= 11 is 0. The summed E-state index contributed by atoms with van der Waals surface area (Å²) in [6.45, 7) is 6.17. The SMILES string of the molecule is CCN(CCCO)CCC(=O)N(C)CCCN. The zero-order valence-corrected chi connectivity index (χ0v) is 11.2. The van der Waals surface area contributed by atoms with E-state index in [0.29, 0.717) is 13.0 Å². The van der Waals surface area contributed by atoms with Crippen molar-refractivity contribution in [3.05, 3.63) is 0 Å². The molecule has 0 heterocycles. The van der Waals surface area contributed by atoms with Crippen LogP contribution < -0.4 is 5.73 Å². The van der Waals surface area contributed by atoms with Crippen LogP contribution in [0.25, 0.3) is 0 Å². The second-order valence-electron chi connectivity index (χ2n) is 4.22. The third-order valence-corrected chi connectivity index (χ3v) is 2.84. The lowest BCUT2D eigenvalue weighted by Crippen LogP contribution is -2.34. The van der Waals surface area contributed by atoms with Gasteiger partial charge in [0.15, 0.2) is 0 Å². The lowest BCUT2D eigenvalue weighted by atomic mass is 10.3. The summed E-state index contributed by atoms with van der Waals surface area (Å²) < 4.78 is 0. The summed E-state index contributed by atoms with van der Waals surface area (Å²) in [5.41, 5.74) is 5.41. The second-order valence-corrected chi connectivity index (χ2v) is 4.22. The first-order valence-corrected chi connectivity index (χ1v) is 6.42. The van der Waals surface area contributed by atoms with Crippen LogP contribution in [0.4, 0.5) is 0 Å². The van der Waals surface area contributed by atoms with Crippen LogP contribution >= 0.6 is 0 Å². The van der Waals surface area contributed by atoms with Crippen LogP contribution in [0.1, 0.15) is 26.2 Å². The molecular formula is C12H27N3O2. The highest BCUT2D eigenvalue weighted by atomic mass is 16.3. The Balaban J connectivity index is 3.78. The van der Waals surface area contributed by atoms with Gasteiger partial charge in [-0.2, -0.15) is 0 Å². The molecule has 0 radical (unpaired) electrons. The number of aliphatic hydroxyl groups excluding tert-OH is 1. The van der Waals surface area contributed by atoms with E-state index < -0.39 is 0 Å². The molecule has 0 spiro atoms. The summed E-state index contributed by atoms with van der Waals surface area (Å²) in [6.07, 6.45) is 2.16. The van der Waals surface area contributed by atoms with Crippen LogP contribution in [-0.2, 0) is 4.79 Å². The molecule has 0 aromatic rings. The molecule has 17 heavy (non-hydrogen) atoms. The Morgan fingerprint density at radius 3 is 2.47 bits per heavy atom. The highest BCUT2D eigenvalue weighted by molar-refractivity contribution is 5.76. The van der Waals surface area contributed by atoms with Crippen molar-refractivity contribution in [2.75, 3.05) is 46.4 Å². The molecule has 3 N–H and O–H groups in total. The first-order valence-electron chi connectivity index (χ1n) is 6.42. The summed E-state index contributed by atoms with van der Waals surface area (Å²) in [5.74, 6) is 0.167. The van der Waals surface area contributed by atoms with Crippen molar-refractivity contribution >= 4 is 5.91 Å². The van der Waals surface area contributed by atoms with Crippen LogP contribution in [0.5, 0.6) is 0 Å². The molecule has 0 aliphatic heterocycles. The average Bonchev–Trinajstić information content (AvgIpc) is 2.35. The number of aliphatic hydroxyl groups is 1. The number of carbonyl (C=O) groups is 1. The van der Waals surface area contributed by atoms with Crippen LogP contribution in [0, 0.1) is 0 Å². The molecule has 0 fully saturated rings. The molecular weight excluding hydrogens is 218 g/mol. The van der Waals surface area contributed by atoms with Crippen molar-refractivity contribution in [1.82, 2.24) is 9.80 Å². The van der Waals surface area contributed by atoms with Gasteiger partial charge in [0.25, 0.3) is 0 Å². The molecule has 0 unspecified atom stereocenters. The van der Waals surface area contributed by atoms with Gasteiger partial charge in [-0.1, -0.05) is 6.92 Å². The fourth-order valence-corrected chi connectivity index (χ4v) is 1.62. The predicted octanol–water partition coefficient (Wildman–Crippen LogP) is -0.112. The van der Waals surface area contributed by atoms with Crippen molar-refractivity contribution in [3.63, 3.8) is 0 Å². The van der Waals surface area contributed by atoms with E-state index in [1.54, 1.807) is 4.90 Å². The van der Waals surface area contributed by atoms with E-state index in [1.165, 1.54) is 0 Å². The van der Waals surface area contributed by atoms with Gasteiger partial charge in [0, 0.05) is 39.7 Å².